The summed E-state index contributed by atoms with van der Waals surface area (Å²) in [4.78, 5) is 0. The number of nitrogens with one attached hydrogen (secondary N) is 1. The van der Waals surface area contributed by atoms with Gasteiger partial charge in [-0.05, 0) is 19.4 Å². The van der Waals surface area contributed by atoms with E-state index in [1.165, 1.54) is 11.1 Å². The first-order valence-electron chi connectivity index (χ1n) is 6.22. The van der Waals surface area contributed by atoms with Crippen molar-refractivity contribution in [2.75, 3.05) is 19.0 Å². The van der Waals surface area contributed by atoms with Crippen LogP contribution in [-0.4, -0.2) is 23.4 Å². The van der Waals surface area contributed by atoms with Crippen molar-refractivity contribution in [3.05, 3.63) is 41.6 Å². The van der Waals surface area contributed by atoms with Crippen molar-refractivity contribution in [1.29, 1.82) is 0 Å². The second-order valence-corrected chi connectivity index (χ2v) is 4.59. The van der Waals surface area contributed by atoms with Crippen LogP contribution >= 0.6 is 0 Å². The molecular weight excluding hydrogens is 226 g/mol. The lowest BCUT2D eigenvalue weighted by molar-refractivity contribution is 0.391. The topological polar surface area (TPSA) is 39.1 Å². The minimum atomic E-state index is 0.256. The predicted octanol–water partition coefficient (Wildman–Crippen LogP) is 2.61. The van der Waals surface area contributed by atoms with Gasteiger partial charge in [0.2, 0.25) is 0 Å². The zero-order valence-electron chi connectivity index (χ0n) is 10.7. The van der Waals surface area contributed by atoms with Crippen LogP contribution in [0, 0.1) is 6.92 Å². The molecule has 2 aromatic rings. The molecule has 0 amide bonds. The van der Waals surface area contributed by atoms with Crippen LogP contribution in [0.25, 0.3) is 0 Å². The third kappa shape index (κ3) is 1.65. The summed E-state index contributed by atoms with van der Waals surface area (Å²) in [6.45, 7) is 3.05. The van der Waals surface area contributed by atoms with Crippen molar-refractivity contribution in [3.63, 3.8) is 0 Å². The molecule has 0 fully saturated rings. The lowest BCUT2D eigenvalue weighted by Gasteiger charge is -2.27. The summed E-state index contributed by atoms with van der Waals surface area (Å²) in [5, 5.41) is 7.90. The van der Waals surface area contributed by atoms with E-state index < -0.39 is 0 Å². The third-order valence-corrected chi connectivity index (χ3v) is 3.48. The third-order valence-electron chi connectivity index (χ3n) is 3.48. The molecule has 1 aromatic carbocycles. The molecule has 1 aliphatic rings. The van der Waals surface area contributed by atoms with Gasteiger partial charge in [0.05, 0.1) is 19.3 Å². The zero-order valence-corrected chi connectivity index (χ0v) is 10.7. The number of benzene rings is 1. The molecule has 3 rings (SSSR count). The molecule has 0 bridgehead atoms. The molecular formula is C14H17N3O. The molecule has 18 heavy (non-hydrogen) atoms. The summed E-state index contributed by atoms with van der Waals surface area (Å²) in [6.07, 6.45) is 2.94. The van der Waals surface area contributed by atoms with Crippen LogP contribution in [0.5, 0.6) is 5.75 Å². The van der Waals surface area contributed by atoms with Gasteiger partial charge >= 0.3 is 0 Å². The first kappa shape index (κ1) is 11.1. The minimum absolute atomic E-state index is 0.256. The molecule has 0 spiro atoms. The Morgan fingerprint density at radius 2 is 2.22 bits per heavy atom. The normalized spacial score (nSPS) is 18.0. The standard InChI is InChI=1S/C14H17N3O/c1-10-9-16-17-12(7-8-15-14(10)17)11-5-3-4-6-13(11)18-2/h3-6,9,12,15H,7-8H2,1-2H3. The van der Waals surface area contributed by atoms with Crippen LogP contribution < -0.4 is 10.1 Å². The monoisotopic (exact) mass is 243 g/mol. The molecule has 1 aliphatic heterocycles. The molecule has 2 heterocycles. The number of aromatic nitrogens is 2. The van der Waals surface area contributed by atoms with Gasteiger partial charge in [0.15, 0.2) is 0 Å². The second-order valence-electron chi connectivity index (χ2n) is 4.59. The van der Waals surface area contributed by atoms with E-state index in [4.69, 9.17) is 4.74 Å². The van der Waals surface area contributed by atoms with Gasteiger partial charge in [0.1, 0.15) is 11.6 Å². The summed E-state index contributed by atoms with van der Waals surface area (Å²) < 4.78 is 7.53. The van der Waals surface area contributed by atoms with Gasteiger partial charge in [-0.1, -0.05) is 18.2 Å². The Bertz CT molecular complexity index is 562. The molecule has 1 N–H and O–H groups in total. The predicted molar refractivity (Wildman–Crippen MR) is 71.2 cm³/mol. The maximum absolute atomic E-state index is 5.46. The molecule has 1 atom stereocenters. The van der Waals surface area contributed by atoms with Crippen LogP contribution in [-0.2, 0) is 0 Å². The molecule has 0 saturated carbocycles. The fourth-order valence-electron chi connectivity index (χ4n) is 2.58. The van der Waals surface area contributed by atoms with E-state index >= 15 is 0 Å². The molecule has 1 unspecified atom stereocenters. The van der Waals surface area contributed by atoms with Gasteiger partial charge in [-0.25, -0.2) is 4.68 Å². The Labute approximate surface area is 107 Å². The Morgan fingerprint density at radius 1 is 1.39 bits per heavy atom. The van der Waals surface area contributed by atoms with E-state index in [2.05, 4.69) is 34.2 Å². The Hall–Kier alpha value is -1.97. The van der Waals surface area contributed by atoms with Crippen molar-refractivity contribution in [3.8, 4) is 5.75 Å². The lowest BCUT2D eigenvalue weighted by Crippen LogP contribution is -2.25. The van der Waals surface area contributed by atoms with Crippen LogP contribution in [0.15, 0.2) is 30.5 Å². The van der Waals surface area contributed by atoms with E-state index in [1.54, 1.807) is 7.11 Å². The number of ether oxygens (including phenoxy) is 1. The quantitative estimate of drug-likeness (QED) is 0.881. The number of anilines is 1. The number of aryl methyl sites for hydroxylation is 1. The van der Waals surface area contributed by atoms with Gasteiger partial charge in [-0.2, -0.15) is 5.10 Å². The van der Waals surface area contributed by atoms with Gasteiger partial charge in [-0.3, -0.25) is 0 Å². The Balaban J connectivity index is 2.08. The van der Waals surface area contributed by atoms with Crippen molar-refractivity contribution < 1.29 is 4.74 Å². The van der Waals surface area contributed by atoms with Crippen molar-refractivity contribution in [1.82, 2.24) is 9.78 Å². The number of fused-ring (bicyclic) bond motifs is 1. The smallest absolute Gasteiger partial charge is 0.127 e. The fraction of sp³-hybridized carbons (Fsp3) is 0.357. The van der Waals surface area contributed by atoms with Gasteiger partial charge < -0.3 is 10.1 Å². The number of rotatable bonds is 2. The molecule has 1 aromatic heterocycles. The maximum Gasteiger partial charge on any atom is 0.127 e. The van der Waals surface area contributed by atoms with Crippen LogP contribution in [0.3, 0.4) is 0 Å². The largest absolute Gasteiger partial charge is 0.496 e. The van der Waals surface area contributed by atoms with E-state index in [1.807, 2.05) is 18.3 Å². The van der Waals surface area contributed by atoms with Gasteiger partial charge in [-0.15, -0.1) is 0 Å². The zero-order chi connectivity index (χ0) is 12.5. The van der Waals surface area contributed by atoms with Crippen LogP contribution in [0.1, 0.15) is 23.6 Å². The summed E-state index contributed by atoms with van der Waals surface area (Å²) >= 11 is 0. The highest BCUT2D eigenvalue weighted by Crippen LogP contribution is 2.35. The highest BCUT2D eigenvalue weighted by Gasteiger charge is 2.25. The summed E-state index contributed by atoms with van der Waals surface area (Å²) in [7, 11) is 1.72. The number of methoxy groups -OCH3 is 1. The Morgan fingerprint density at radius 3 is 3.06 bits per heavy atom. The molecule has 0 radical (unpaired) electrons. The summed E-state index contributed by atoms with van der Waals surface area (Å²) in [5.74, 6) is 2.06. The van der Waals surface area contributed by atoms with E-state index in [0.717, 1.165) is 24.5 Å². The summed E-state index contributed by atoms with van der Waals surface area (Å²) in [5.41, 5.74) is 2.39. The van der Waals surface area contributed by atoms with E-state index in [0.29, 0.717) is 0 Å². The molecule has 4 heteroatoms. The molecule has 4 nitrogen and oxygen atoms in total. The molecule has 0 saturated heterocycles. The molecule has 94 valence electrons. The number of nitrogens with zero attached hydrogens (tertiary/aromatic N) is 2. The highest BCUT2D eigenvalue weighted by atomic mass is 16.5. The summed E-state index contributed by atoms with van der Waals surface area (Å²) in [6, 6.07) is 8.43. The number of hydrogen-bond donors (Lipinski definition) is 1. The molecule has 0 aliphatic carbocycles. The first-order valence-corrected chi connectivity index (χ1v) is 6.22. The average Bonchev–Trinajstić information content (AvgIpc) is 2.81. The van der Waals surface area contributed by atoms with Crippen molar-refractivity contribution in [2.45, 2.75) is 19.4 Å². The maximum atomic E-state index is 5.46. The first-order chi connectivity index (χ1) is 8.81. The lowest BCUT2D eigenvalue weighted by atomic mass is 10.0. The van der Waals surface area contributed by atoms with Crippen molar-refractivity contribution >= 4 is 5.82 Å². The van der Waals surface area contributed by atoms with Gasteiger partial charge in [0.25, 0.3) is 0 Å². The van der Waals surface area contributed by atoms with Crippen LogP contribution in [0.2, 0.25) is 0 Å². The SMILES string of the molecule is COc1ccccc1C1CCNc2c(C)cnn21. The Kier molecular flexibility index (Phi) is 2.70. The van der Waals surface area contributed by atoms with E-state index in [-0.39, 0.29) is 6.04 Å². The second kappa shape index (κ2) is 4.37. The minimum Gasteiger partial charge on any atom is -0.496 e. The van der Waals surface area contributed by atoms with Crippen LogP contribution in [0.4, 0.5) is 5.82 Å². The van der Waals surface area contributed by atoms with Gasteiger partial charge in [0, 0.05) is 17.7 Å². The van der Waals surface area contributed by atoms with Crippen molar-refractivity contribution in [2.24, 2.45) is 0 Å². The highest BCUT2D eigenvalue weighted by molar-refractivity contribution is 5.47. The number of para-hydroxylation sites is 1. The fourth-order valence-corrected chi connectivity index (χ4v) is 2.58. The average molecular weight is 243 g/mol. The number of hydrogen-bond acceptors (Lipinski definition) is 3. The van der Waals surface area contributed by atoms with E-state index in [9.17, 15) is 0 Å².